The van der Waals surface area contributed by atoms with E-state index in [1.54, 1.807) is 18.0 Å². The Kier molecular flexibility index (Phi) is 3.23. The third kappa shape index (κ3) is 2.42. The molecule has 0 aromatic carbocycles. The molecule has 3 heteroatoms. The molecule has 60 valence electrons. The standard InChI is InChI=1S/C8H11NOS/c1-3-10-8-6-7(11-2)4-5-9-8/h4-6H,3H2,1-2H3. The summed E-state index contributed by atoms with van der Waals surface area (Å²) in [5, 5.41) is 0. The van der Waals surface area contributed by atoms with Crippen molar-refractivity contribution in [1.82, 2.24) is 4.98 Å². The van der Waals surface area contributed by atoms with Crippen molar-refractivity contribution in [3.63, 3.8) is 0 Å². The van der Waals surface area contributed by atoms with E-state index >= 15 is 0 Å². The largest absolute Gasteiger partial charge is 0.478 e. The molecular weight excluding hydrogens is 158 g/mol. The second-order valence-corrected chi connectivity index (χ2v) is 2.85. The number of hydrogen-bond donors (Lipinski definition) is 0. The van der Waals surface area contributed by atoms with Gasteiger partial charge in [-0.25, -0.2) is 4.98 Å². The highest BCUT2D eigenvalue weighted by Gasteiger charge is 1.94. The molecule has 1 aromatic heterocycles. The first kappa shape index (κ1) is 8.40. The molecule has 0 fully saturated rings. The normalized spacial score (nSPS) is 9.64. The fraction of sp³-hybridized carbons (Fsp3) is 0.375. The Hall–Kier alpha value is -0.700. The van der Waals surface area contributed by atoms with Gasteiger partial charge in [-0.15, -0.1) is 11.8 Å². The van der Waals surface area contributed by atoms with Gasteiger partial charge in [0, 0.05) is 17.2 Å². The Morgan fingerprint density at radius 3 is 3.09 bits per heavy atom. The van der Waals surface area contributed by atoms with Crippen LogP contribution in [0.15, 0.2) is 23.2 Å². The van der Waals surface area contributed by atoms with E-state index in [9.17, 15) is 0 Å². The number of ether oxygens (including phenoxy) is 1. The summed E-state index contributed by atoms with van der Waals surface area (Å²) in [5.74, 6) is 0.708. The van der Waals surface area contributed by atoms with E-state index < -0.39 is 0 Å². The highest BCUT2D eigenvalue weighted by atomic mass is 32.2. The second kappa shape index (κ2) is 4.23. The summed E-state index contributed by atoms with van der Waals surface area (Å²) in [4.78, 5) is 5.23. The molecule has 1 rings (SSSR count). The van der Waals surface area contributed by atoms with E-state index in [0.717, 1.165) is 0 Å². The summed E-state index contributed by atoms with van der Waals surface area (Å²) >= 11 is 1.69. The maximum absolute atomic E-state index is 5.22. The van der Waals surface area contributed by atoms with Crippen LogP contribution in [0.3, 0.4) is 0 Å². The van der Waals surface area contributed by atoms with Crippen molar-refractivity contribution in [2.24, 2.45) is 0 Å². The summed E-state index contributed by atoms with van der Waals surface area (Å²) in [6.07, 6.45) is 3.79. The zero-order valence-electron chi connectivity index (χ0n) is 6.70. The summed E-state index contributed by atoms with van der Waals surface area (Å²) in [6.45, 7) is 2.62. The number of aromatic nitrogens is 1. The third-order valence-electron chi connectivity index (χ3n) is 1.23. The molecule has 0 amide bonds. The Morgan fingerprint density at radius 1 is 1.64 bits per heavy atom. The summed E-state index contributed by atoms with van der Waals surface area (Å²) < 4.78 is 5.22. The lowest BCUT2D eigenvalue weighted by Crippen LogP contribution is -1.93. The van der Waals surface area contributed by atoms with E-state index in [2.05, 4.69) is 4.98 Å². The predicted octanol–water partition coefficient (Wildman–Crippen LogP) is 2.20. The molecule has 0 aliphatic carbocycles. The molecule has 0 spiro atoms. The lowest BCUT2D eigenvalue weighted by Gasteiger charge is -2.01. The highest BCUT2D eigenvalue weighted by molar-refractivity contribution is 7.98. The lowest BCUT2D eigenvalue weighted by molar-refractivity contribution is 0.326. The lowest BCUT2D eigenvalue weighted by atomic mass is 10.5. The van der Waals surface area contributed by atoms with Crippen LogP contribution >= 0.6 is 11.8 Å². The van der Waals surface area contributed by atoms with Crippen LogP contribution in [0.2, 0.25) is 0 Å². The van der Waals surface area contributed by atoms with Gasteiger partial charge < -0.3 is 4.74 Å². The van der Waals surface area contributed by atoms with E-state index in [-0.39, 0.29) is 0 Å². The number of thioether (sulfide) groups is 1. The molecule has 0 radical (unpaired) electrons. The van der Waals surface area contributed by atoms with Crippen LogP contribution in [0.5, 0.6) is 5.88 Å². The van der Waals surface area contributed by atoms with Gasteiger partial charge in [-0.3, -0.25) is 0 Å². The number of pyridine rings is 1. The molecule has 0 saturated carbocycles. The molecule has 0 aliphatic rings. The van der Waals surface area contributed by atoms with Gasteiger partial charge in [0.25, 0.3) is 0 Å². The van der Waals surface area contributed by atoms with Crippen LogP contribution in [-0.2, 0) is 0 Å². The van der Waals surface area contributed by atoms with Crippen molar-refractivity contribution >= 4 is 11.8 Å². The Morgan fingerprint density at radius 2 is 2.45 bits per heavy atom. The third-order valence-corrected chi connectivity index (χ3v) is 1.96. The smallest absolute Gasteiger partial charge is 0.214 e. The second-order valence-electron chi connectivity index (χ2n) is 1.97. The molecule has 0 aliphatic heterocycles. The van der Waals surface area contributed by atoms with Crippen molar-refractivity contribution in [2.75, 3.05) is 12.9 Å². The number of rotatable bonds is 3. The van der Waals surface area contributed by atoms with Gasteiger partial charge >= 0.3 is 0 Å². The topological polar surface area (TPSA) is 22.1 Å². The minimum absolute atomic E-state index is 0.671. The summed E-state index contributed by atoms with van der Waals surface area (Å²) in [6, 6.07) is 3.90. The van der Waals surface area contributed by atoms with E-state index in [0.29, 0.717) is 12.5 Å². The van der Waals surface area contributed by atoms with Crippen molar-refractivity contribution < 1.29 is 4.74 Å². The maximum atomic E-state index is 5.22. The molecular formula is C8H11NOS. The molecule has 2 nitrogen and oxygen atoms in total. The molecule has 11 heavy (non-hydrogen) atoms. The van der Waals surface area contributed by atoms with E-state index in [4.69, 9.17) is 4.74 Å². The van der Waals surface area contributed by atoms with Crippen molar-refractivity contribution in [2.45, 2.75) is 11.8 Å². The fourth-order valence-corrected chi connectivity index (χ4v) is 1.16. The van der Waals surface area contributed by atoms with Crippen LogP contribution in [0.1, 0.15) is 6.92 Å². The van der Waals surface area contributed by atoms with E-state index in [1.807, 2.05) is 25.3 Å². The maximum Gasteiger partial charge on any atom is 0.214 e. The quantitative estimate of drug-likeness (QED) is 0.648. The molecule has 1 aromatic rings. The first-order valence-corrected chi connectivity index (χ1v) is 4.72. The van der Waals surface area contributed by atoms with Crippen LogP contribution in [0, 0.1) is 0 Å². The van der Waals surface area contributed by atoms with Crippen molar-refractivity contribution in [3.05, 3.63) is 18.3 Å². The first-order valence-electron chi connectivity index (χ1n) is 3.49. The molecule has 0 saturated heterocycles. The van der Waals surface area contributed by atoms with Crippen LogP contribution in [-0.4, -0.2) is 17.8 Å². The van der Waals surface area contributed by atoms with Crippen molar-refractivity contribution in [3.8, 4) is 5.88 Å². The number of hydrogen-bond acceptors (Lipinski definition) is 3. The molecule has 0 unspecified atom stereocenters. The molecule has 0 atom stereocenters. The summed E-state index contributed by atoms with van der Waals surface area (Å²) in [7, 11) is 0. The van der Waals surface area contributed by atoms with E-state index in [1.165, 1.54) is 4.90 Å². The first-order chi connectivity index (χ1) is 5.36. The molecule has 1 heterocycles. The van der Waals surface area contributed by atoms with Gasteiger partial charge in [0.1, 0.15) is 0 Å². The van der Waals surface area contributed by atoms with Crippen LogP contribution in [0.25, 0.3) is 0 Å². The minimum Gasteiger partial charge on any atom is -0.478 e. The van der Waals surface area contributed by atoms with Gasteiger partial charge in [-0.2, -0.15) is 0 Å². The predicted molar refractivity (Wildman–Crippen MR) is 47.2 cm³/mol. The van der Waals surface area contributed by atoms with Crippen LogP contribution < -0.4 is 4.74 Å². The zero-order valence-corrected chi connectivity index (χ0v) is 7.52. The molecule has 0 bridgehead atoms. The Bertz CT molecular complexity index is 227. The Labute approximate surface area is 71.0 Å². The summed E-state index contributed by atoms with van der Waals surface area (Å²) in [5.41, 5.74) is 0. The number of nitrogens with zero attached hydrogens (tertiary/aromatic N) is 1. The van der Waals surface area contributed by atoms with Gasteiger partial charge in [0.2, 0.25) is 5.88 Å². The van der Waals surface area contributed by atoms with Gasteiger partial charge in [0.15, 0.2) is 0 Å². The van der Waals surface area contributed by atoms with Gasteiger partial charge in [-0.05, 0) is 19.2 Å². The van der Waals surface area contributed by atoms with Gasteiger partial charge in [0.05, 0.1) is 6.61 Å². The average Bonchev–Trinajstić information content (AvgIpc) is 2.06. The highest BCUT2D eigenvalue weighted by Crippen LogP contribution is 2.17. The van der Waals surface area contributed by atoms with Gasteiger partial charge in [-0.1, -0.05) is 0 Å². The zero-order chi connectivity index (χ0) is 8.10. The van der Waals surface area contributed by atoms with Crippen LogP contribution in [0.4, 0.5) is 0 Å². The minimum atomic E-state index is 0.671. The SMILES string of the molecule is CCOc1cc(SC)ccn1. The fourth-order valence-electron chi connectivity index (χ4n) is 0.745. The monoisotopic (exact) mass is 169 g/mol. The average molecular weight is 169 g/mol. The van der Waals surface area contributed by atoms with Crippen molar-refractivity contribution in [1.29, 1.82) is 0 Å². The Balaban J connectivity index is 2.74. The molecule has 0 N–H and O–H groups in total.